The van der Waals surface area contributed by atoms with Gasteiger partial charge in [-0.2, -0.15) is 0 Å². The summed E-state index contributed by atoms with van der Waals surface area (Å²) in [6.07, 6.45) is 1.37. The van der Waals surface area contributed by atoms with Crippen LogP contribution in [0.3, 0.4) is 0 Å². The predicted octanol–water partition coefficient (Wildman–Crippen LogP) is 2.02. The third kappa shape index (κ3) is 3.29. The van der Waals surface area contributed by atoms with E-state index >= 15 is 0 Å². The number of likely N-dealkylation sites (tertiary alicyclic amines) is 1. The molecule has 0 saturated carbocycles. The smallest absolute Gasteiger partial charge is 0.308 e. The summed E-state index contributed by atoms with van der Waals surface area (Å²) in [5.41, 5.74) is 0.544. The summed E-state index contributed by atoms with van der Waals surface area (Å²) in [6, 6.07) is 7.01. The number of hydrogen-bond donors (Lipinski definition) is 1. The third-order valence-corrected chi connectivity index (χ3v) is 3.45. The van der Waals surface area contributed by atoms with Crippen LogP contribution in [0, 0.1) is 5.92 Å². The normalized spacial score (nSPS) is 18.6. The number of aliphatic carboxylic acids is 1. The predicted molar refractivity (Wildman–Crippen MR) is 73.9 cm³/mol. The van der Waals surface area contributed by atoms with Crippen molar-refractivity contribution >= 4 is 11.9 Å². The number of amides is 1. The van der Waals surface area contributed by atoms with Gasteiger partial charge in [-0.3, -0.25) is 9.59 Å². The van der Waals surface area contributed by atoms with Crippen LogP contribution >= 0.6 is 0 Å². The molecule has 20 heavy (non-hydrogen) atoms. The number of piperidine rings is 1. The summed E-state index contributed by atoms with van der Waals surface area (Å²) in [5.74, 6) is -0.754. The van der Waals surface area contributed by atoms with Gasteiger partial charge in [0.1, 0.15) is 5.75 Å². The number of benzene rings is 1. The van der Waals surface area contributed by atoms with Gasteiger partial charge in [0.15, 0.2) is 0 Å². The Morgan fingerprint density at radius 3 is 2.95 bits per heavy atom. The molecule has 1 atom stereocenters. The highest BCUT2D eigenvalue weighted by atomic mass is 16.5. The molecule has 5 heteroatoms. The summed E-state index contributed by atoms with van der Waals surface area (Å²) < 4.78 is 5.38. The van der Waals surface area contributed by atoms with Crippen molar-refractivity contribution in [1.29, 1.82) is 0 Å². The Morgan fingerprint density at radius 1 is 1.45 bits per heavy atom. The van der Waals surface area contributed by atoms with Gasteiger partial charge in [0.05, 0.1) is 12.5 Å². The second-order valence-corrected chi connectivity index (χ2v) is 4.89. The number of nitrogens with zero attached hydrogens (tertiary/aromatic N) is 1. The maximum Gasteiger partial charge on any atom is 0.308 e. The van der Waals surface area contributed by atoms with Gasteiger partial charge < -0.3 is 14.7 Å². The maximum absolute atomic E-state index is 12.4. The molecule has 1 aromatic carbocycles. The van der Waals surface area contributed by atoms with Crippen LogP contribution in [-0.2, 0) is 4.79 Å². The average molecular weight is 277 g/mol. The zero-order valence-electron chi connectivity index (χ0n) is 11.5. The van der Waals surface area contributed by atoms with Crippen LogP contribution in [0.2, 0.25) is 0 Å². The van der Waals surface area contributed by atoms with E-state index in [1.807, 2.05) is 6.92 Å². The van der Waals surface area contributed by atoms with Crippen molar-refractivity contribution in [3.05, 3.63) is 29.8 Å². The second kappa shape index (κ2) is 6.41. The van der Waals surface area contributed by atoms with Crippen molar-refractivity contribution in [2.75, 3.05) is 19.7 Å². The van der Waals surface area contributed by atoms with Gasteiger partial charge in [-0.25, -0.2) is 0 Å². The van der Waals surface area contributed by atoms with E-state index in [0.29, 0.717) is 30.9 Å². The molecular formula is C15H19NO4. The van der Waals surface area contributed by atoms with Gasteiger partial charge in [0.2, 0.25) is 0 Å². The Labute approximate surface area is 118 Å². The fourth-order valence-corrected chi connectivity index (χ4v) is 2.43. The average Bonchev–Trinajstić information content (AvgIpc) is 2.47. The minimum Gasteiger partial charge on any atom is -0.494 e. The molecule has 1 heterocycles. The Balaban J connectivity index is 2.10. The number of ether oxygens (including phenoxy) is 1. The maximum atomic E-state index is 12.4. The molecule has 1 unspecified atom stereocenters. The van der Waals surface area contributed by atoms with Crippen molar-refractivity contribution in [3.8, 4) is 5.75 Å². The van der Waals surface area contributed by atoms with E-state index in [1.165, 1.54) is 0 Å². The summed E-state index contributed by atoms with van der Waals surface area (Å²) in [4.78, 5) is 25.1. The molecule has 1 aliphatic rings. The number of carboxylic acids is 1. The molecule has 1 saturated heterocycles. The van der Waals surface area contributed by atoms with Crippen LogP contribution < -0.4 is 4.74 Å². The van der Waals surface area contributed by atoms with Gasteiger partial charge in [-0.15, -0.1) is 0 Å². The highest BCUT2D eigenvalue weighted by molar-refractivity contribution is 5.95. The molecule has 0 radical (unpaired) electrons. The number of carbonyl (C=O) groups is 2. The number of rotatable bonds is 4. The standard InChI is InChI=1S/C15H19NO4/c1-2-20-13-7-3-5-11(9-13)14(17)16-8-4-6-12(10-16)15(18)19/h3,5,7,9,12H,2,4,6,8,10H2,1H3,(H,18,19). The van der Waals surface area contributed by atoms with Crippen LogP contribution in [0.15, 0.2) is 24.3 Å². The van der Waals surface area contributed by atoms with Gasteiger partial charge in [0.25, 0.3) is 5.91 Å². The highest BCUT2D eigenvalue weighted by Gasteiger charge is 2.28. The molecule has 1 amide bonds. The van der Waals surface area contributed by atoms with E-state index in [0.717, 1.165) is 6.42 Å². The molecule has 5 nitrogen and oxygen atoms in total. The van der Waals surface area contributed by atoms with E-state index in [1.54, 1.807) is 29.2 Å². The summed E-state index contributed by atoms with van der Waals surface area (Å²) >= 11 is 0. The first-order chi connectivity index (χ1) is 9.61. The Morgan fingerprint density at radius 2 is 2.25 bits per heavy atom. The molecule has 0 spiro atoms. The molecule has 108 valence electrons. The molecule has 1 fully saturated rings. The Hall–Kier alpha value is -2.04. The molecule has 2 rings (SSSR count). The van der Waals surface area contributed by atoms with E-state index in [9.17, 15) is 9.59 Å². The van der Waals surface area contributed by atoms with Crippen molar-refractivity contribution in [2.24, 2.45) is 5.92 Å². The molecule has 1 aliphatic heterocycles. The fourth-order valence-electron chi connectivity index (χ4n) is 2.43. The van der Waals surface area contributed by atoms with Crippen LogP contribution in [0.25, 0.3) is 0 Å². The largest absolute Gasteiger partial charge is 0.494 e. The SMILES string of the molecule is CCOc1cccc(C(=O)N2CCCC(C(=O)O)C2)c1. The minimum absolute atomic E-state index is 0.127. The van der Waals surface area contributed by atoms with Crippen LogP contribution in [0.4, 0.5) is 0 Å². The molecule has 0 aliphatic carbocycles. The van der Waals surface area contributed by atoms with Gasteiger partial charge in [-0.1, -0.05) is 6.07 Å². The van der Waals surface area contributed by atoms with Crippen molar-refractivity contribution < 1.29 is 19.4 Å². The van der Waals surface area contributed by atoms with Crippen LogP contribution in [-0.4, -0.2) is 41.6 Å². The third-order valence-electron chi connectivity index (χ3n) is 3.45. The molecule has 0 aromatic heterocycles. The van der Waals surface area contributed by atoms with Gasteiger partial charge >= 0.3 is 5.97 Å². The number of carboxylic acid groups (broad SMARTS) is 1. The van der Waals surface area contributed by atoms with E-state index < -0.39 is 11.9 Å². The summed E-state index contributed by atoms with van der Waals surface area (Å²) in [7, 11) is 0. The first kappa shape index (κ1) is 14.4. The van der Waals surface area contributed by atoms with Gasteiger partial charge in [0, 0.05) is 18.7 Å². The van der Waals surface area contributed by atoms with E-state index in [-0.39, 0.29) is 12.5 Å². The van der Waals surface area contributed by atoms with Crippen molar-refractivity contribution in [3.63, 3.8) is 0 Å². The zero-order chi connectivity index (χ0) is 14.5. The topological polar surface area (TPSA) is 66.8 Å². The molecule has 0 bridgehead atoms. The van der Waals surface area contributed by atoms with E-state index in [4.69, 9.17) is 9.84 Å². The van der Waals surface area contributed by atoms with Crippen molar-refractivity contribution in [2.45, 2.75) is 19.8 Å². The molecular weight excluding hydrogens is 258 g/mol. The van der Waals surface area contributed by atoms with E-state index in [2.05, 4.69) is 0 Å². The summed E-state index contributed by atoms with van der Waals surface area (Å²) in [6.45, 7) is 3.33. The Kier molecular flexibility index (Phi) is 4.61. The second-order valence-electron chi connectivity index (χ2n) is 4.89. The lowest BCUT2D eigenvalue weighted by Gasteiger charge is -2.30. The number of hydrogen-bond acceptors (Lipinski definition) is 3. The first-order valence-corrected chi connectivity index (χ1v) is 6.86. The molecule has 1 aromatic rings. The first-order valence-electron chi connectivity index (χ1n) is 6.86. The lowest BCUT2D eigenvalue weighted by atomic mass is 9.97. The Bertz CT molecular complexity index is 500. The lowest BCUT2D eigenvalue weighted by molar-refractivity contribution is -0.143. The lowest BCUT2D eigenvalue weighted by Crippen LogP contribution is -2.42. The number of carbonyl (C=O) groups excluding carboxylic acids is 1. The minimum atomic E-state index is -0.828. The summed E-state index contributed by atoms with van der Waals surface area (Å²) in [5, 5.41) is 9.06. The quantitative estimate of drug-likeness (QED) is 0.914. The molecule has 1 N–H and O–H groups in total. The van der Waals surface area contributed by atoms with Crippen LogP contribution in [0.5, 0.6) is 5.75 Å². The highest BCUT2D eigenvalue weighted by Crippen LogP contribution is 2.20. The monoisotopic (exact) mass is 277 g/mol. The van der Waals surface area contributed by atoms with Crippen LogP contribution in [0.1, 0.15) is 30.1 Å². The van der Waals surface area contributed by atoms with Crippen molar-refractivity contribution in [1.82, 2.24) is 4.90 Å². The van der Waals surface area contributed by atoms with Gasteiger partial charge in [-0.05, 0) is 38.0 Å². The fraction of sp³-hybridized carbons (Fsp3) is 0.467. The zero-order valence-corrected chi connectivity index (χ0v) is 11.5.